The van der Waals surface area contributed by atoms with Gasteiger partial charge in [0.25, 0.3) is 0 Å². The Labute approximate surface area is 85.5 Å². The number of likely N-dealkylation sites (tertiary alicyclic amines) is 1. The van der Waals surface area contributed by atoms with Crippen molar-refractivity contribution in [2.75, 3.05) is 32.7 Å². The highest BCUT2D eigenvalue weighted by Gasteiger charge is 2.52. The number of hydrogen-bond acceptors (Lipinski definition) is 4. The van der Waals surface area contributed by atoms with Gasteiger partial charge in [-0.1, -0.05) is 6.92 Å². The first-order chi connectivity index (χ1) is 6.60. The molecule has 0 bridgehead atoms. The minimum atomic E-state index is -0.635. The molecule has 2 aliphatic heterocycles. The summed E-state index contributed by atoms with van der Waals surface area (Å²) in [6.07, 6.45) is 1.64. The maximum Gasteiger partial charge on any atom is 0.0875 e. The average Bonchev–Trinajstić information content (AvgIpc) is 2.15. The van der Waals surface area contributed by atoms with E-state index in [2.05, 4.69) is 17.1 Å². The van der Waals surface area contributed by atoms with Gasteiger partial charge in [0.1, 0.15) is 0 Å². The molecule has 2 aliphatic rings. The first-order valence-corrected chi connectivity index (χ1v) is 5.54. The maximum atomic E-state index is 10.5. The van der Waals surface area contributed by atoms with Gasteiger partial charge >= 0.3 is 0 Å². The molecule has 2 saturated heterocycles. The zero-order valence-corrected chi connectivity index (χ0v) is 8.92. The van der Waals surface area contributed by atoms with Crippen molar-refractivity contribution in [1.82, 2.24) is 10.2 Å². The van der Waals surface area contributed by atoms with Crippen LogP contribution in [0.5, 0.6) is 0 Å². The second kappa shape index (κ2) is 3.45. The molecule has 14 heavy (non-hydrogen) atoms. The first kappa shape index (κ1) is 10.4. The molecule has 4 heteroatoms. The van der Waals surface area contributed by atoms with E-state index < -0.39 is 5.60 Å². The lowest BCUT2D eigenvalue weighted by Crippen LogP contribution is -2.78. The number of nitrogens with one attached hydrogen (secondary N) is 1. The van der Waals surface area contributed by atoms with Gasteiger partial charge in [-0.25, -0.2) is 0 Å². The van der Waals surface area contributed by atoms with E-state index >= 15 is 0 Å². The largest absolute Gasteiger partial charge is 0.388 e. The molecule has 0 aliphatic carbocycles. The molecule has 4 N–H and O–H groups in total. The van der Waals surface area contributed by atoms with Gasteiger partial charge in [0.2, 0.25) is 0 Å². The molecule has 0 amide bonds. The van der Waals surface area contributed by atoms with Crippen molar-refractivity contribution in [2.45, 2.75) is 30.9 Å². The highest BCUT2D eigenvalue weighted by molar-refractivity contribution is 5.13. The van der Waals surface area contributed by atoms with Gasteiger partial charge in [0.15, 0.2) is 0 Å². The molecular weight excluding hydrogens is 178 g/mol. The highest BCUT2D eigenvalue weighted by atomic mass is 16.3. The molecule has 0 aromatic heterocycles. The fraction of sp³-hybridized carbons (Fsp3) is 1.00. The molecule has 0 aromatic carbocycles. The molecule has 2 heterocycles. The smallest absolute Gasteiger partial charge is 0.0875 e. The van der Waals surface area contributed by atoms with Crippen LogP contribution in [-0.2, 0) is 0 Å². The van der Waals surface area contributed by atoms with Crippen molar-refractivity contribution in [3.63, 3.8) is 0 Å². The summed E-state index contributed by atoms with van der Waals surface area (Å²) in [4.78, 5) is 2.37. The van der Waals surface area contributed by atoms with Crippen LogP contribution in [-0.4, -0.2) is 53.9 Å². The number of nitrogens with zero attached hydrogens (tertiary/aromatic N) is 1. The summed E-state index contributed by atoms with van der Waals surface area (Å²) in [5.41, 5.74) is 5.16. The second-order valence-electron chi connectivity index (χ2n) is 4.73. The van der Waals surface area contributed by atoms with Crippen LogP contribution in [0.4, 0.5) is 0 Å². The fourth-order valence-corrected chi connectivity index (χ4v) is 2.46. The van der Waals surface area contributed by atoms with E-state index in [-0.39, 0.29) is 5.54 Å². The lowest BCUT2D eigenvalue weighted by Gasteiger charge is -2.54. The number of nitrogens with two attached hydrogens (primary N) is 1. The molecule has 0 radical (unpaired) electrons. The number of aliphatic hydroxyl groups is 1. The van der Waals surface area contributed by atoms with Gasteiger partial charge in [-0.15, -0.1) is 0 Å². The Morgan fingerprint density at radius 3 is 2.29 bits per heavy atom. The third-order valence-electron chi connectivity index (χ3n) is 3.94. The normalized spacial score (nSPS) is 31.1. The molecular formula is C10H21N3O. The quantitative estimate of drug-likeness (QED) is 0.541. The zero-order valence-electron chi connectivity index (χ0n) is 8.92. The zero-order chi connectivity index (χ0) is 10.2. The summed E-state index contributed by atoms with van der Waals surface area (Å²) in [6.45, 7) is 6.71. The molecule has 4 nitrogen and oxygen atoms in total. The van der Waals surface area contributed by atoms with Crippen LogP contribution in [0.2, 0.25) is 0 Å². The Bertz CT molecular complexity index is 207. The SMILES string of the molecule is CCN1CCC(O)(C2(N)CNC2)CC1. The highest BCUT2D eigenvalue weighted by Crippen LogP contribution is 2.33. The molecule has 0 aromatic rings. The Morgan fingerprint density at radius 2 is 1.93 bits per heavy atom. The fourth-order valence-electron chi connectivity index (χ4n) is 2.46. The molecule has 0 spiro atoms. The van der Waals surface area contributed by atoms with Gasteiger partial charge in [0.05, 0.1) is 11.1 Å². The van der Waals surface area contributed by atoms with Gasteiger partial charge in [0, 0.05) is 26.2 Å². The van der Waals surface area contributed by atoms with Crippen LogP contribution >= 0.6 is 0 Å². The summed E-state index contributed by atoms with van der Waals surface area (Å²) < 4.78 is 0. The van der Waals surface area contributed by atoms with Gasteiger partial charge in [-0.3, -0.25) is 0 Å². The molecule has 2 rings (SSSR count). The Balaban J connectivity index is 1.98. The molecule has 2 fully saturated rings. The standard InChI is InChI=1S/C10H21N3O/c1-2-13-5-3-10(14,4-6-13)9(11)7-12-8-9/h12,14H,2-8,11H2,1H3. The van der Waals surface area contributed by atoms with Crippen LogP contribution in [0.15, 0.2) is 0 Å². The van der Waals surface area contributed by atoms with Crippen molar-refractivity contribution in [1.29, 1.82) is 0 Å². The second-order valence-corrected chi connectivity index (χ2v) is 4.73. The van der Waals surface area contributed by atoms with Crippen molar-refractivity contribution >= 4 is 0 Å². The third-order valence-corrected chi connectivity index (χ3v) is 3.94. The van der Waals surface area contributed by atoms with E-state index in [0.29, 0.717) is 0 Å². The third kappa shape index (κ3) is 1.46. The number of piperidine rings is 1. The molecule has 0 atom stereocenters. The number of hydrogen-bond donors (Lipinski definition) is 3. The summed E-state index contributed by atoms with van der Waals surface area (Å²) in [5.74, 6) is 0. The van der Waals surface area contributed by atoms with Gasteiger partial charge in [-0.2, -0.15) is 0 Å². The van der Waals surface area contributed by atoms with Crippen LogP contribution in [0.25, 0.3) is 0 Å². The molecule has 0 saturated carbocycles. The van der Waals surface area contributed by atoms with Crippen LogP contribution < -0.4 is 11.1 Å². The van der Waals surface area contributed by atoms with E-state index in [9.17, 15) is 5.11 Å². The van der Waals surface area contributed by atoms with Crippen molar-refractivity contribution < 1.29 is 5.11 Å². The predicted octanol–water partition coefficient (Wildman–Crippen LogP) is -0.866. The summed E-state index contributed by atoms with van der Waals surface area (Å²) in [7, 11) is 0. The Hall–Kier alpha value is -0.160. The Kier molecular flexibility index (Phi) is 2.55. The van der Waals surface area contributed by atoms with E-state index in [1.165, 1.54) is 0 Å². The van der Waals surface area contributed by atoms with Gasteiger partial charge < -0.3 is 21.1 Å². The van der Waals surface area contributed by atoms with Crippen molar-refractivity contribution in [3.8, 4) is 0 Å². The van der Waals surface area contributed by atoms with Crippen LogP contribution in [0.3, 0.4) is 0 Å². The topological polar surface area (TPSA) is 61.5 Å². The predicted molar refractivity (Wildman–Crippen MR) is 56.1 cm³/mol. The molecule has 0 unspecified atom stereocenters. The molecule has 82 valence electrons. The minimum absolute atomic E-state index is 0.368. The van der Waals surface area contributed by atoms with Gasteiger partial charge in [-0.05, 0) is 19.4 Å². The monoisotopic (exact) mass is 199 g/mol. The number of rotatable bonds is 2. The summed E-state index contributed by atoms with van der Waals surface area (Å²) in [5, 5.41) is 13.6. The van der Waals surface area contributed by atoms with Crippen molar-refractivity contribution in [3.05, 3.63) is 0 Å². The minimum Gasteiger partial charge on any atom is -0.388 e. The Morgan fingerprint density at radius 1 is 1.36 bits per heavy atom. The average molecular weight is 199 g/mol. The summed E-state index contributed by atoms with van der Waals surface area (Å²) in [6, 6.07) is 0. The van der Waals surface area contributed by atoms with Crippen LogP contribution in [0, 0.1) is 0 Å². The first-order valence-electron chi connectivity index (χ1n) is 5.54. The van der Waals surface area contributed by atoms with E-state index in [1.54, 1.807) is 0 Å². The van der Waals surface area contributed by atoms with Crippen LogP contribution in [0.1, 0.15) is 19.8 Å². The summed E-state index contributed by atoms with van der Waals surface area (Å²) >= 11 is 0. The van der Waals surface area contributed by atoms with E-state index in [1.807, 2.05) is 0 Å². The maximum absolute atomic E-state index is 10.5. The van der Waals surface area contributed by atoms with E-state index in [0.717, 1.165) is 45.6 Å². The van der Waals surface area contributed by atoms with Crippen molar-refractivity contribution in [2.24, 2.45) is 5.73 Å². The lowest BCUT2D eigenvalue weighted by molar-refractivity contribution is -0.0964. The van der Waals surface area contributed by atoms with E-state index in [4.69, 9.17) is 5.73 Å². The lowest BCUT2D eigenvalue weighted by atomic mass is 9.70.